The summed E-state index contributed by atoms with van der Waals surface area (Å²) >= 11 is 0. The van der Waals surface area contributed by atoms with E-state index in [2.05, 4.69) is 9.97 Å². The molecule has 1 aromatic carbocycles. The van der Waals surface area contributed by atoms with Crippen LogP contribution >= 0.6 is 0 Å². The lowest BCUT2D eigenvalue weighted by Crippen LogP contribution is -2.29. The van der Waals surface area contributed by atoms with Crippen molar-refractivity contribution in [3.05, 3.63) is 68.1 Å². The molecule has 0 saturated heterocycles. The normalized spacial score (nSPS) is 12.7. The minimum atomic E-state index is -0.683. The largest absolute Gasteiger partial charge is 0.467 e. The molecular formula is C14H13N3O3. The van der Waals surface area contributed by atoms with Crippen molar-refractivity contribution in [1.82, 2.24) is 9.97 Å². The van der Waals surface area contributed by atoms with Gasteiger partial charge < -0.3 is 20.1 Å². The van der Waals surface area contributed by atoms with Gasteiger partial charge in [0.2, 0.25) is 0 Å². The van der Waals surface area contributed by atoms with Crippen LogP contribution in [0.5, 0.6) is 0 Å². The number of furan rings is 1. The van der Waals surface area contributed by atoms with Crippen LogP contribution in [0.1, 0.15) is 22.9 Å². The minimum Gasteiger partial charge on any atom is -0.467 e. The van der Waals surface area contributed by atoms with Crippen LogP contribution in [0.25, 0.3) is 11.0 Å². The van der Waals surface area contributed by atoms with Crippen molar-refractivity contribution >= 4 is 11.0 Å². The lowest BCUT2D eigenvalue weighted by Gasteiger charge is -2.11. The summed E-state index contributed by atoms with van der Waals surface area (Å²) in [5.41, 5.74) is 7.66. The van der Waals surface area contributed by atoms with E-state index in [1.165, 1.54) is 0 Å². The van der Waals surface area contributed by atoms with Crippen LogP contribution in [0.15, 0.2) is 44.5 Å². The molecule has 0 amide bonds. The molecular weight excluding hydrogens is 258 g/mol. The predicted molar refractivity (Wildman–Crippen MR) is 74.7 cm³/mol. The average Bonchev–Trinajstić information content (AvgIpc) is 2.85. The Morgan fingerprint density at radius 3 is 2.45 bits per heavy atom. The molecule has 0 radical (unpaired) electrons. The van der Waals surface area contributed by atoms with E-state index in [1.54, 1.807) is 24.5 Å². The molecule has 20 heavy (non-hydrogen) atoms. The maximum Gasteiger partial charge on any atom is 0.314 e. The van der Waals surface area contributed by atoms with Gasteiger partial charge in [0, 0.05) is 0 Å². The quantitative estimate of drug-likeness (QED) is 0.608. The summed E-state index contributed by atoms with van der Waals surface area (Å²) in [4.78, 5) is 27.6. The third-order valence-corrected chi connectivity index (χ3v) is 3.29. The van der Waals surface area contributed by atoms with Gasteiger partial charge in [0.15, 0.2) is 0 Å². The maximum absolute atomic E-state index is 11.3. The first-order chi connectivity index (χ1) is 9.56. The van der Waals surface area contributed by atoms with E-state index in [-0.39, 0.29) is 0 Å². The Morgan fingerprint density at radius 2 is 1.80 bits per heavy atom. The SMILES string of the molecule is Cc1ccoc1C(N)c1ccc2[nH]c(=O)c(=O)[nH]c2c1. The Hall–Kier alpha value is -2.60. The molecule has 6 nitrogen and oxygen atoms in total. The minimum absolute atomic E-state index is 0.426. The summed E-state index contributed by atoms with van der Waals surface area (Å²) < 4.78 is 5.38. The zero-order valence-corrected chi connectivity index (χ0v) is 10.8. The van der Waals surface area contributed by atoms with Gasteiger partial charge in [0.05, 0.1) is 23.3 Å². The number of nitrogens with one attached hydrogen (secondary N) is 2. The zero-order valence-electron chi connectivity index (χ0n) is 10.8. The number of fused-ring (bicyclic) bond motifs is 1. The number of benzene rings is 1. The van der Waals surface area contributed by atoms with E-state index in [4.69, 9.17) is 10.2 Å². The molecule has 0 spiro atoms. The fourth-order valence-corrected chi connectivity index (χ4v) is 2.18. The van der Waals surface area contributed by atoms with Crippen molar-refractivity contribution in [1.29, 1.82) is 0 Å². The van der Waals surface area contributed by atoms with Gasteiger partial charge in [-0.15, -0.1) is 0 Å². The Morgan fingerprint density at radius 1 is 1.10 bits per heavy atom. The molecule has 3 aromatic rings. The highest BCUT2D eigenvalue weighted by Gasteiger charge is 2.15. The van der Waals surface area contributed by atoms with E-state index in [0.717, 1.165) is 11.1 Å². The maximum atomic E-state index is 11.3. The lowest BCUT2D eigenvalue weighted by molar-refractivity contribution is 0.487. The Kier molecular flexibility index (Phi) is 2.80. The Labute approximate surface area is 113 Å². The summed E-state index contributed by atoms with van der Waals surface area (Å²) in [6.45, 7) is 1.92. The fourth-order valence-electron chi connectivity index (χ4n) is 2.18. The van der Waals surface area contributed by atoms with Crippen molar-refractivity contribution in [3.8, 4) is 0 Å². The summed E-state index contributed by atoms with van der Waals surface area (Å²) in [6.07, 6.45) is 1.59. The van der Waals surface area contributed by atoms with E-state index >= 15 is 0 Å². The predicted octanol–water partition coefficient (Wildman–Crippen LogP) is 1.17. The van der Waals surface area contributed by atoms with Crippen molar-refractivity contribution < 1.29 is 4.42 Å². The van der Waals surface area contributed by atoms with Gasteiger partial charge in [0.1, 0.15) is 5.76 Å². The fraction of sp³-hybridized carbons (Fsp3) is 0.143. The van der Waals surface area contributed by atoms with Crippen LogP contribution in [0.3, 0.4) is 0 Å². The first-order valence-electron chi connectivity index (χ1n) is 6.12. The second-order valence-electron chi connectivity index (χ2n) is 4.66. The number of hydrogen-bond acceptors (Lipinski definition) is 4. The molecule has 0 aliphatic heterocycles. The molecule has 6 heteroatoms. The van der Waals surface area contributed by atoms with Crippen molar-refractivity contribution in [2.75, 3.05) is 0 Å². The molecule has 1 atom stereocenters. The van der Waals surface area contributed by atoms with Gasteiger partial charge in [-0.1, -0.05) is 6.07 Å². The second-order valence-corrected chi connectivity index (χ2v) is 4.66. The van der Waals surface area contributed by atoms with Crippen molar-refractivity contribution in [2.45, 2.75) is 13.0 Å². The van der Waals surface area contributed by atoms with E-state index in [9.17, 15) is 9.59 Å². The zero-order chi connectivity index (χ0) is 14.3. The molecule has 1 unspecified atom stereocenters. The number of H-pyrrole nitrogens is 2. The van der Waals surface area contributed by atoms with Gasteiger partial charge in [-0.25, -0.2) is 0 Å². The van der Waals surface area contributed by atoms with Gasteiger partial charge in [-0.2, -0.15) is 0 Å². The third kappa shape index (κ3) is 1.96. The molecule has 0 aliphatic rings. The van der Waals surface area contributed by atoms with Crippen LogP contribution in [0, 0.1) is 6.92 Å². The molecule has 2 heterocycles. The molecule has 4 N–H and O–H groups in total. The smallest absolute Gasteiger partial charge is 0.314 e. The van der Waals surface area contributed by atoms with Gasteiger partial charge in [-0.3, -0.25) is 9.59 Å². The highest BCUT2D eigenvalue weighted by atomic mass is 16.3. The monoisotopic (exact) mass is 271 g/mol. The van der Waals surface area contributed by atoms with Crippen LogP contribution in [-0.2, 0) is 0 Å². The standard InChI is InChI=1S/C14H13N3O3/c1-7-4-5-20-12(7)11(15)8-2-3-9-10(6-8)17-14(19)13(18)16-9/h2-6,11H,15H2,1H3,(H,16,18)(H,17,19). The first-order valence-corrected chi connectivity index (χ1v) is 6.12. The molecule has 102 valence electrons. The summed E-state index contributed by atoms with van der Waals surface area (Å²) in [7, 11) is 0. The molecule has 2 aromatic heterocycles. The highest BCUT2D eigenvalue weighted by molar-refractivity contribution is 5.74. The highest BCUT2D eigenvalue weighted by Crippen LogP contribution is 2.24. The number of aromatic nitrogens is 2. The van der Waals surface area contributed by atoms with E-state index in [0.29, 0.717) is 16.8 Å². The lowest BCUT2D eigenvalue weighted by atomic mass is 10.0. The Balaban J connectivity index is 2.14. The van der Waals surface area contributed by atoms with Gasteiger partial charge in [0.25, 0.3) is 0 Å². The number of aryl methyl sites for hydroxylation is 1. The van der Waals surface area contributed by atoms with Crippen LogP contribution in [0.2, 0.25) is 0 Å². The molecule has 0 fully saturated rings. The van der Waals surface area contributed by atoms with Crippen LogP contribution in [0.4, 0.5) is 0 Å². The second kappa shape index (κ2) is 4.50. The summed E-state index contributed by atoms with van der Waals surface area (Å²) in [5, 5.41) is 0. The van der Waals surface area contributed by atoms with Crippen molar-refractivity contribution in [3.63, 3.8) is 0 Å². The molecule has 0 aliphatic carbocycles. The van der Waals surface area contributed by atoms with Gasteiger partial charge >= 0.3 is 11.1 Å². The summed E-state index contributed by atoms with van der Waals surface area (Å²) in [6, 6.07) is 6.66. The van der Waals surface area contributed by atoms with Crippen LogP contribution in [-0.4, -0.2) is 9.97 Å². The number of hydrogen-bond donors (Lipinski definition) is 3. The average molecular weight is 271 g/mol. The van der Waals surface area contributed by atoms with E-state index < -0.39 is 17.2 Å². The van der Waals surface area contributed by atoms with Gasteiger partial charge in [-0.05, 0) is 36.2 Å². The Bertz CT molecular complexity index is 888. The number of nitrogens with two attached hydrogens (primary N) is 1. The first kappa shape index (κ1) is 12.4. The third-order valence-electron chi connectivity index (χ3n) is 3.29. The van der Waals surface area contributed by atoms with Crippen molar-refractivity contribution in [2.24, 2.45) is 5.73 Å². The molecule has 3 rings (SSSR count). The number of rotatable bonds is 2. The number of aromatic amines is 2. The topological polar surface area (TPSA) is 105 Å². The van der Waals surface area contributed by atoms with Crippen LogP contribution < -0.4 is 16.9 Å². The molecule has 0 bridgehead atoms. The summed E-state index contributed by atoms with van der Waals surface area (Å²) in [5.74, 6) is 0.677. The molecule has 0 saturated carbocycles. The van der Waals surface area contributed by atoms with E-state index in [1.807, 2.05) is 13.0 Å².